The number of ether oxygens (including phenoxy) is 3. The highest BCUT2D eigenvalue weighted by Crippen LogP contribution is 2.63. The number of rotatable bonds is 6. The second-order valence-corrected chi connectivity index (χ2v) is 8.73. The molecule has 2 aliphatic carbocycles. The minimum Gasteiger partial charge on any atom is -0.504 e. The maximum atomic E-state index is 12.2. The number of phenols is 1. The zero-order valence-corrected chi connectivity index (χ0v) is 16.4. The summed E-state index contributed by atoms with van der Waals surface area (Å²) >= 11 is 0. The minimum atomic E-state index is -0.860. The highest BCUT2D eigenvalue weighted by atomic mass is 16.6. The van der Waals surface area contributed by atoms with E-state index >= 15 is 0 Å². The fraction of sp³-hybridized carbons (Fsp3) is 0.667. The first-order valence-electron chi connectivity index (χ1n) is 10.4. The molecule has 6 heteroatoms. The lowest BCUT2D eigenvalue weighted by atomic mass is 9.48. The largest absolute Gasteiger partial charge is 0.504 e. The molecule has 5 rings (SSSR count). The first kappa shape index (κ1) is 23.1. The Hall–Kier alpha value is -1.60. The van der Waals surface area contributed by atoms with E-state index in [4.69, 9.17) is 14.2 Å². The number of nitrogens with one attached hydrogen (secondary N) is 1. The normalized spacial score (nSPS) is 37.3. The zero-order valence-electron chi connectivity index (χ0n) is 16.4. The minimum absolute atomic E-state index is 0. The fourth-order valence-corrected chi connectivity index (χ4v) is 6.61. The molecule has 1 saturated heterocycles. The summed E-state index contributed by atoms with van der Waals surface area (Å²) in [4.78, 5) is 1.40. The highest BCUT2D eigenvalue weighted by molar-refractivity contribution is 5.62. The molecule has 4 aliphatic rings. The lowest BCUT2D eigenvalue weighted by molar-refractivity contribution is -0.937. The van der Waals surface area contributed by atoms with Crippen LogP contribution >= 0.6 is 0 Å². The van der Waals surface area contributed by atoms with E-state index in [1.165, 1.54) is 10.5 Å². The van der Waals surface area contributed by atoms with Crippen molar-refractivity contribution in [1.82, 2.24) is 0 Å². The van der Waals surface area contributed by atoms with Gasteiger partial charge in [0.25, 0.3) is 0 Å². The predicted octanol–water partition coefficient (Wildman–Crippen LogP) is 1.62. The number of aliphatic hydroxyl groups is 1. The van der Waals surface area contributed by atoms with Crippen LogP contribution in [0.5, 0.6) is 11.5 Å². The van der Waals surface area contributed by atoms with Crippen molar-refractivity contribution in [2.24, 2.45) is 0 Å². The summed E-state index contributed by atoms with van der Waals surface area (Å²) in [7, 11) is 1.66. The van der Waals surface area contributed by atoms with E-state index < -0.39 is 11.0 Å². The quantitative estimate of drug-likeness (QED) is 0.482. The van der Waals surface area contributed by atoms with E-state index in [1.807, 2.05) is 12.1 Å². The summed E-state index contributed by atoms with van der Waals surface area (Å²) in [5.41, 5.74) is 0.860. The van der Waals surface area contributed by atoms with Gasteiger partial charge in [-0.3, -0.25) is 0 Å². The number of aromatic hydroxyl groups is 1. The molecule has 2 aliphatic heterocycles. The van der Waals surface area contributed by atoms with Crippen LogP contribution in [0.15, 0.2) is 24.8 Å². The van der Waals surface area contributed by atoms with Crippen LogP contribution in [0.2, 0.25) is 0 Å². The van der Waals surface area contributed by atoms with Crippen LogP contribution in [-0.4, -0.2) is 67.5 Å². The van der Waals surface area contributed by atoms with Gasteiger partial charge < -0.3 is 29.3 Å². The SMILES string of the molecule is C.C.C=CC[NH+]1CC[C@]23c4c5ccc(O)c4OC2[C@@H](OCCOC)CC[C@@]3(O)C1C5. The predicted molar refractivity (Wildman–Crippen MR) is 116 cm³/mol. The molecule has 0 aromatic heterocycles. The van der Waals surface area contributed by atoms with Crippen molar-refractivity contribution in [3.8, 4) is 11.5 Å². The van der Waals surface area contributed by atoms with E-state index in [0.29, 0.717) is 25.4 Å². The first-order chi connectivity index (χ1) is 13.6. The van der Waals surface area contributed by atoms with Crippen LogP contribution in [0.1, 0.15) is 45.2 Å². The molecule has 1 aromatic carbocycles. The van der Waals surface area contributed by atoms with Gasteiger partial charge in [-0.05, 0) is 30.5 Å². The molecule has 0 amide bonds. The molecule has 3 unspecified atom stereocenters. The highest BCUT2D eigenvalue weighted by Gasteiger charge is 2.74. The van der Waals surface area contributed by atoms with Crippen LogP contribution in [0, 0.1) is 0 Å². The van der Waals surface area contributed by atoms with Gasteiger partial charge in [0.1, 0.15) is 17.7 Å². The van der Waals surface area contributed by atoms with Crippen molar-refractivity contribution in [3.05, 3.63) is 35.9 Å². The summed E-state index contributed by atoms with van der Waals surface area (Å²) in [6.45, 7) is 6.77. The molecule has 1 saturated carbocycles. The fourth-order valence-electron chi connectivity index (χ4n) is 6.61. The second-order valence-electron chi connectivity index (χ2n) is 8.73. The topological polar surface area (TPSA) is 72.6 Å². The molecule has 3 N–H and O–H groups in total. The molecule has 30 heavy (non-hydrogen) atoms. The smallest absolute Gasteiger partial charge is 0.165 e. The zero-order chi connectivity index (χ0) is 19.5. The van der Waals surface area contributed by atoms with Gasteiger partial charge in [0.2, 0.25) is 0 Å². The maximum Gasteiger partial charge on any atom is 0.165 e. The van der Waals surface area contributed by atoms with Crippen molar-refractivity contribution >= 4 is 0 Å². The van der Waals surface area contributed by atoms with Crippen LogP contribution in [0.4, 0.5) is 0 Å². The van der Waals surface area contributed by atoms with Crippen LogP contribution in [-0.2, 0) is 21.3 Å². The number of piperidine rings is 1. The summed E-state index contributed by atoms with van der Waals surface area (Å²) in [5, 5.41) is 22.7. The molecule has 2 heterocycles. The average molecular weight is 421 g/mol. The lowest BCUT2D eigenvalue weighted by Gasteiger charge is -2.61. The molecule has 2 bridgehead atoms. The van der Waals surface area contributed by atoms with Gasteiger partial charge in [-0.25, -0.2) is 0 Å². The molecular formula is C24H38NO5+. The Kier molecular flexibility index (Phi) is 6.27. The Balaban J connectivity index is 0.00000128. The van der Waals surface area contributed by atoms with Crippen molar-refractivity contribution in [2.75, 3.05) is 33.4 Å². The third-order valence-electron chi connectivity index (χ3n) is 7.68. The Bertz CT molecular complexity index is 798. The molecule has 1 spiro atoms. The maximum absolute atomic E-state index is 12.2. The van der Waals surface area contributed by atoms with Crippen molar-refractivity contribution in [2.45, 2.75) is 69.8 Å². The van der Waals surface area contributed by atoms with Crippen molar-refractivity contribution in [3.63, 3.8) is 0 Å². The van der Waals surface area contributed by atoms with Gasteiger partial charge >= 0.3 is 0 Å². The average Bonchev–Trinajstić information content (AvgIpc) is 3.03. The van der Waals surface area contributed by atoms with Crippen molar-refractivity contribution in [1.29, 1.82) is 0 Å². The number of hydrogen-bond donors (Lipinski definition) is 3. The summed E-state index contributed by atoms with van der Waals surface area (Å²) in [6.07, 6.45) is 4.61. The van der Waals surface area contributed by atoms with Crippen LogP contribution < -0.4 is 9.64 Å². The van der Waals surface area contributed by atoms with E-state index in [0.717, 1.165) is 37.9 Å². The number of benzene rings is 1. The van der Waals surface area contributed by atoms with E-state index in [2.05, 4.69) is 6.58 Å². The lowest BCUT2D eigenvalue weighted by Crippen LogP contribution is -3.21. The van der Waals surface area contributed by atoms with Gasteiger partial charge in [0, 0.05) is 25.5 Å². The van der Waals surface area contributed by atoms with E-state index in [1.54, 1.807) is 13.2 Å². The number of methoxy groups -OCH3 is 1. The summed E-state index contributed by atoms with van der Waals surface area (Å²) in [6, 6.07) is 3.85. The standard InChI is InChI=1S/C22H29NO5.2CH4/c1-3-9-23-10-8-21-18-14-4-5-15(24)19(18)28-20(21)16(27-12-11-26-2)6-7-22(21,25)17(23)13-14;;/h3-5,16-17,20,24-25H,1,6-13H2,2H3;2*1H4/p+1/t16-,17?,20?,21-,22+;;/m0../s1. The third kappa shape index (κ3) is 2.77. The number of phenolic OH excluding ortho intramolecular Hbond substituents is 1. The Morgan fingerprint density at radius 3 is 2.83 bits per heavy atom. The summed E-state index contributed by atoms with van der Waals surface area (Å²) in [5.74, 6) is 0.730. The van der Waals surface area contributed by atoms with Crippen LogP contribution in [0.25, 0.3) is 0 Å². The van der Waals surface area contributed by atoms with Gasteiger partial charge in [0.15, 0.2) is 11.5 Å². The van der Waals surface area contributed by atoms with Gasteiger partial charge in [0.05, 0.1) is 37.8 Å². The van der Waals surface area contributed by atoms with E-state index in [-0.39, 0.29) is 38.9 Å². The number of quaternary nitrogens is 1. The second kappa shape index (κ2) is 8.15. The van der Waals surface area contributed by atoms with Gasteiger partial charge in [-0.1, -0.05) is 27.5 Å². The third-order valence-corrected chi connectivity index (χ3v) is 7.68. The molecule has 6 nitrogen and oxygen atoms in total. The molecule has 0 radical (unpaired) electrons. The summed E-state index contributed by atoms with van der Waals surface area (Å²) < 4.78 is 17.7. The number of hydrogen-bond acceptors (Lipinski definition) is 5. The Morgan fingerprint density at radius 2 is 2.10 bits per heavy atom. The van der Waals surface area contributed by atoms with Crippen molar-refractivity contribution < 1.29 is 29.3 Å². The Morgan fingerprint density at radius 1 is 1.30 bits per heavy atom. The molecule has 2 fully saturated rings. The monoisotopic (exact) mass is 420 g/mol. The molecule has 1 aromatic rings. The van der Waals surface area contributed by atoms with Gasteiger partial charge in [-0.15, -0.1) is 0 Å². The molecular weight excluding hydrogens is 382 g/mol. The first-order valence-corrected chi connectivity index (χ1v) is 10.4. The van der Waals surface area contributed by atoms with Gasteiger partial charge in [-0.2, -0.15) is 0 Å². The van der Waals surface area contributed by atoms with Crippen LogP contribution in [0.3, 0.4) is 0 Å². The molecule has 168 valence electrons. The number of likely N-dealkylation sites (tertiary alicyclic amines) is 1. The van der Waals surface area contributed by atoms with E-state index in [9.17, 15) is 10.2 Å². The molecule has 6 atom stereocenters. The Labute approximate surface area is 180 Å².